The van der Waals surface area contributed by atoms with Crippen LogP contribution in [0.25, 0.3) is 0 Å². The fourth-order valence-electron chi connectivity index (χ4n) is 5.09. The molecule has 2 unspecified atom stereocenters. The van der Waals surface area contributed by atoms with Crippen LogP contribution in [0.1, 0.15) is 53.9 Å². The zero-order chi connectivity index (χ0) is 24.2. The Morgan fingerprint density at radius 2 is 1.40 bits per heavy atom. The van der Waals surface area contributed by atoms with Gasteiger partial charge in [0.25, 0.3) is 0 Å². The van der Waals surface area contributed by atoms with E-state index in [1.807, 2.05) is 31.2 Å². The Bertz CT molecular complexity index is 1060. The van der Waals surface area contributed by atoms with Gasteiger partial charge in [0.2, 0.25) is 5.91 Å². The van der Waals surface area contributed by atoms with Gasteiger partial charge in [0.15, 0.2) is 0 Å². The number of carbonyl (C=O) groups is 2. The summed E-state index contributed by atoms with van der Waals surface area (Å²) in [6.45, 7) is 3.85. The average Bonchev–Trinajstić information content (AvgIpc) is 3.72. The van der Waals surface area contributed by atoms with Crippen molar-refractivity contribution in [3.05, 3.63) is 58.7 Å². The van der Waals surface area contributed by atoms with Crippen LogP contribution < -0.4 is 49.9 Å². The number of amides is 1. The predicted octanol–water partition coefficient (Wildman–Crippen LogP) is -0.521. The Morgan fingerprint density at radius 3 is 1.86 bits per heavy atom. The van der Waals surface area contributed by atoms with Crippen LogP contribution in [0.2, 0.25) is 0 Å². The number of primary amides is 1. The van der Waals surface area contributed by atoms with E-state index in [1.165, 1.54) is 22.3 Å². The van der Waals surface area contributed by atoms with Gasteiger partial charge in [-0.1, -0.05) is 24.3 Å². The molecule has 2 fully saturated rings. The van der Waals surface area contributed by atoms with Gasteiger partial charge in [-0.2, -0.15) is 7.11 Å². The number of fused-ring (bicyclic) bond motifs is 2. The van der Waals surface area contributed by atoms with Gasteiger partial charge in [0.1, 0.15) is 11.5 Å². The molecule has 2 aliphatic heterocycles. The molecule has 182 valence electrons. The molecule has 1 amide bonds. The molecule has 2 aromatic carbocycles. The van der Waals surface area contributed by atoms with E-state index in [0.29, 0.717) is 18.4 Å². The molecule has 4 aliphatic rings. The molecule has 8 heteroatoms. The number of hydrogen-bond acceptors (Lipinski definition) is 6. The molecular formula is C27H32NNaO6. The number of ether oxygens (including phenoxy) is 3. The van der Waals surface area contributed by atoms with Crippen LogP contribution in [0.15, 0.2) is 36.4 Å². The molecule has 0 spiro atoms. The quantitative estimate of drug-likeness (QED) is 0.447. The normalized spacial score (nSPS) is 23.9. The van der Waals surface area contributed by atoms with E-state index < -0.39 is 0 Å². The SMILES string of the molecule is CCOC(=O)[C@@H]1CC1c1cccc2c1CCO2.C[O-].NC(=O)[C@@H]1CC1c1cccc2c1CCO2.[Na+]. The van der Waals surface area contributed by atoms with Crippen LogP contribution in [-0.2, 0) is 27.2 Å². The second kappa shape index (κ2) is 12.3. The molecule has 2 aromatic rings. The summed E-state index contributed by atoms with van der Waals surface area (Å²) in [7, 11) is 0.750. The third-order valence-corrected chi connectivity index (χ3v) is 6.89. The minimum Gasteiger partial charge on any atom is -0.857 e. The van der Waals surface area contributed by atoms with E-state index in [0.717, 1.165) is 57.5 Å². The number of nitrogens with two attached hydrogens (primary N) is 1. The summed E-state index contributed by atoms with van der Waals surface area (Å²) in [4.78, 5) is 22.7. The first-order valence-electron chi connectivity index (χ1n) is 11.9. The molecule has 6 rings (SSSR count). The van der Waals surface area contributed by atoms with Crippen molar-refractivity contribution < 1.29 is 58.5 Å². The van der Waals surface area contributed by atoms with E-state index in [1.54, 1.807) is 0 Å². The Balaban J connectivity index is 0.000000179. The average molecular weight is 490 g/mol. The smallest absolute Gasteiger partial charge is 0.857 e. The largest absolute Gasteiger partial charge is 1.00 e. The van der Waals surface area contributed by atoms with Crippen molar-refractivity contribution in [2.75, 3.05) is 26.9 Å². The summed E-state index contributed by atoms with van der Waals surface area (Å²) in [6, 6.07) is 12.2. The van der Waals surface area contributed by atoms with Gasteiger partial charge in [-0.3, -0.25) is 9.59 Å². The van der Waals surface area contributed by atoms with Crippen molar-refractivity contribution >= 4 is 11.9 Å². The van der Waals surface area contributed by atoms with E-state index >= 15 is 0 Å². The van der Waals surface area contributed by atoms with Crippen LogP contribution >= 0.6 is 0 Å². The van der Waals surface area contributed by atoms with E-state index in [9.17, 15) is 9.59 Å². The zero-order valence-corrected chi connectivity index (χ0v) is 22.8. The topological polar surface area (TPSA) is 111 Å². The third-order valence-electron chi connectivity index (χ3n) is 6.89. The Kier molecular flexibility index (Phi) is 9.64. The first-order chi connectivity index (χ1) is 16.6. The molecule has 4 atom stereocenters. The first kappa shape index (κ1) is 27.5. The third kappa shape index (κ3) is 6.02. The molecule has 2 heterocycles. The molecule has 0 radical (unpaired) electrons. The van der Waals surface area contributed by atoms with Gasteiger partial charge in [-0.15, -0.1) is 0 Å². The summed E-state index contributed by atoms with van der Waals surface area (Å²) in [5.41, 5.74) is 10.4. The van der Waals surface area contributed by atoms with Crippen LogP contribution in [0.5, 0.6) is 11.5 Å². The van der Waals surface area contributed by atoms with Crippen molar-refractivity contribution in [3.8, 4) is 11.5 Å². The van der Waals surface area contributed by atoms with Crippen molar-refractivity contribution in [2.45, 2.75) is 44.4 Å². The Labute approximate surface area is 228 Å². The Hall–Kier alpha value is -2.06. The molecule has 0 aromatic heterocycles. The van der Waals surface area contributed by atoms with E-state index in [4.69, 9.17) is 25.1 Å². The summed E-state index contributed by atoms with van der Waals surface area (Å²) in [6.07, 6.45) is 3.77. The van der Waals surface area contributed by atoms with Gasteiger partial charge in [-0.05, 0) is 54.9 Å². The van der Waals surface area contributed by atoms with Gasteiger partial charge in [-0.25, -0.2) is 0 Å². The maximum atomic E-state index is 11.6. The van der Waals surface area contributed by atoms with Gasteiger partial charge < -0.3 is 25.1 Å². The number of rotatable bonds is 5. The monoisotopic (exact) mass is 489 g/mol. The minimum absolute atomic E-state index is 0. The van der Waals surface area contributed by atoms with Crippen LogP contribution in [0.3, 0.4) is 0 Å². The van der Waals surface area contributed by atoms with E-state index in [2.05, 4.69) is 12.1 Å². The standard InChI is InChI=1S/C14H16O3.C12H13NO2.CH3O.Na/c1-2-16-14(15)12-8-11(12)9-4-3-5-13-10(9)6-7-17-13;13-12(14)10-6-9(10)7-2-1-3-11-8(7)4-5-15-11;1-2;/h3-5,11-12H,2,6-8H2,1H3;1-3,9-10H,4-6H2,(H2,13,14);1H3;/q;;-1;+1/t11?,12-;9?,10-;;/m11../s1. The van der Waals surface area contributed by atoms with Crippen molar-refractivity contribution in [1.82, 2.24) is 0 Å². The van der Waals surface area contributed by atoms with Gasteiger partial charge >= 0.3 is 35.5 Å². The molecule has 2 N–H and O–H groups in total. The molecule has 7 nitrogen and oxygen atoms in total. The second-order valence-electron chi connectivity index (χ2n) is 8.90. The maximum absolute atomic E-state index is 11.6. The number of hydrogen-bond donors (Lipinski definition) is 1. The predicted molar refractivity (Wildman–Crippen MR) is 125 cm³/mol. The van der Waals surface area contributed by atoms with Crippen molar-refractivity contribution in [3.63, 3.8) is 0 Å². The number of benzene rings is 2. The molecular weight excluding hydrogens is 457 g/mol. The summed E-state index contributed by atoms with van der Waals surface area (Å²) in [5.74, 6) is 2.59. The van der Waals surface area contributed by atoms with E-state index in [-0.39, 0.29) is 53.3 Å². The fourth-order valence-corrected chi connectivity index (χ4v) is 5.09. The molecule has 0 bridgehead atoms. The summed E-state index contributed by atoms with van der Waals surface area (Å²) >= 11 is 0. The Morgan fingerprint density at radius 1 is 0.914 bits per heavy atom. The fraction of sp³-hybridized carbons (Fsp3) is 0.481. The van der Waals surface area contributed by atoms with Crippen molar-refractivity contribution in [2.24, 2.45) is 17.6 Å². The maximum Gasteiger partial charge on any atom is 1.00 e. The van der Waals surface area contributed by atoms with Gasteiger partial charge in [0, 0.05) is 29.9 Å². The second-order valence-corrected chi connectivity index (χ2v) is 8.90. The first-order valence-corrected chi connectivity index (χ1v) is 11.9. The van der Waals surface area contributed by atoms with Crippen LogP contribution in [0.4, 0.5) is 0 Å². The van der Waals surface area contributed by atoms with Crippen molar-refractivity contribution in [1.29, 1.82) is 0 Å². The van der Waals surface area contributed by atoms with Gasteiger partial charge in [0.05, 0.1) is 25.7 Å². The molecule has 2 aliphatic carbocycles. The summed E-state index contributed by atoms with van der Waals surface area (Å²) < 4.78 is 16.1. The molecule has 0 saturated heterocycles. The minimum atomic E-state index is -0.170. The van der Waals surface area contributed by atoms with Crippen LogP contribution in [-0.4, -0.2) is 38.8 Å². The number of esters is 1. The van der Waals surface area contributed by atoms with Crippen LogP contribution in [0, 0.1) is 11.8 Å². The zero-order valence-electron chi connectivity index (χ0n) is 20.8. The molecule has 35 heavy (non-hydrogen) atoms. The number of carbonyl (C=O) groups excluding carboxylic acids is 2. The summed E-state index contributed by atoms with van der Waals surface area (Å²) in [5, 5.41) is 8.25. The molecule has 2 saturated carbocycles.